The van der Waals surface area contributed by atoms with Crippen molar-refractivity contribution in [1.29, 1.82) is 0 Å². The van der Waals surface area contributed by atoms with Gasteiger partial charge in [-0.1, -0.05) is 16.8 Å². The fourth-order valence-corrected chi connectivity index (χ4v) is 3.36. The second-order valence-electron chi connectivity index (χ2n) is 6.16. The highest BCUT2D eigenvalue weighted by Crippen LogP contribution is 2.24. The van der Waals surface area contributed by atoms with Crippen LogP contribution in [-0.2, 0) is 7.05 Å². The molecule has 26 heavy (non-hydrogen) atoms. The molecule has 0 N–H and O–H groups in total. The van der Waals surface area contributed by atoms with E-state index >= 15 is 0 Å². The molecule has 4 aromatic rings. The predicted octanol–water partition coefficient (Wildman–Crippen LogP) is 4.29. The lowest BCUT2D eigenvalue weighted by atomic mass is 10.1. The number of thioether (sulfide) groups is 1. The Kier molecular flexibility index (Phi) is 4.12. The molecule has 130 valence electrons. The Morgan fingerprint density at radius 1 is 1.12 bits per heavy atom. The first kappa shape index (κ1) is 16.6. The summed E-state index contributed by atoms with van der Waals surface area (Å²) < 4.78 is 7.30. The normalized spacial score (nSPS) is 11.2. The zero-order valence-electron chi connectivity index (χ0n) is 14.7. The SMILES string of the molecule is CSc1ccc(-c2noc(-c3cn(C)c4ccc(C)cc4c3=O)n2)cc1. The minimum absolute atomic E-state index is 0.102. The van der Waals surface area contributed by atoms with Crippen LogP contribution in [-0.4, -0.2) is 21.0 Å². The summed E-state index contributed by atoms with van der Waals surface area (Å²) in [6, 6.07) is 13.7. The highest BCUT2D eigenvalue weighted by Gasteiger charge is 2.16. The maximum absolute atomic E-state index is 12.9. The molecule has 0 radical (unpaired) electrons. The third-order valence-electron chi connectivity index (χ3n) is 4.35. The van der Waals surface area contributed by atoms with Gasteiger partial charge in [0.2, 0.25) is 11.3 Å². The molecule has 0 bridgehead atoms. The Labute approximate surface area is 154 Å². The van der Waals surface area contributed by atoms with Crippen molar-refractivity contribution in [1.82, 2.24) is 14.7 Å². The lowest BCUT2D eigenvalue weighted by Gasteiger charge is -2.07. The zero-order chi connectivity index (χ0) is 18.3. The van der Waals surface area contributed by atoms with Crippen molar-refractivity contribution in [2.24, 2.45) is 7.05 Å². The van der Waals surface area contributed by atoms with Crippen LogP contribution in [0.4, 0.5) is 0 Å². The summed E-state index contributed by atoms with van der Waals surface area (Å²) in [6.45, 7) is 1.97. The molecule has 0 amide bonds. The van der Waals surface area contributed by atoms with E-state index in [1.54, 1.807) is 18.0 Å². The van der Waals surface area contributed by atoms with Crippen LogP contribution >= 0.6 is 11.8 Å². The fraction of sp³-hybridized carbons (Fsp3) is 0.150. The van der Waals surface area contributed by atoms with Gasteiger partial charge in [-0.3, -0.25) is 4.79 Å². The Morgan fingerprint density at radius 3 is 2.62 bits per heavy atom. The minimum Gasteiger partial charge on any atom is -0.350 e. The molecule has 5 nitrogen and oxygen atoms in total. The van der Waals surface area contributed by atoms with E-state index in [0.29, 0.717) is 16.8 Å². The number of hydrogen-bond acceptors (Lipinski definition) is 5. The molecule has 6 heteroatoms. The van der Waals surface area contributed by atoms with Crippen LogP contribution < -0.4 is 5.43 Å². The van der Waals surface area contributed by atoms with Gasteiger partial charge in [-0.15, -0.1) is 11.8 Å². The first-order valence-electron chi connectivity index (χ1n) is 8.15. The van der Waals surface area contributed by atoms with Gasteiger partial charge in [0.15, 0.2) is 0 Å². The lowest BCUT2D eigenvalue weighted by Crippen LogP contribution is -2.10. The van der Waals surface area contributed by atoms with Crippen molar-refractivity contribution in [3.63, 3.8) is 0 Å². The van der Waals surface area contributed by atoms with Crippen molar-refractivity contribution >= 4 is 22.7 Å². The van der Waals surface area contributed by atoms with Gasteiger partial charge in [0, 0.05) is 29.1 Å². The molecular weight excluding hydrogens is 346 g/mol. The number of aromatic nitrogens is 3. The van der Waals surface area contributed by atoms with E-state index in [0.717, 1.165) is 21.5 Å². The van der Waals surface area contributed by atoms with Crippen molar-refractivity contribution in [3.05, 3.63) is 64.4 Å². The monoisotopic (exact) mass is 363 g/mol. The number of fused-ring (bicyclic) bond motifs is 1. The Balaban J connectivity index is 1.82. The Hall–Kier alpha value is -2.86. The topological polar surface area (TPSA) is 60.9 Å². The van der Waals surface area contributed by atoms with E-state index in [4.69, 9.17) is 4.52 Å². The first-order chi connectivity index (χ1) is 12.6. The largest absolute Gasteiger partial charge is 0.350 e. The third-order valence-corrected chi connectivity index (χ3v) is 5.09. The van der Waals surface area contributed by atoms with Crippen molar-refractivity contribution in [2.45, 2.75) is 11.8 Å². The van der Waals surface area contributed by atoms with Gasteiger partial charge in [0.1, 0.15) is 5.56 Å². The highest BCUT2D eigenvalue weighted by atomic mass is 32.2. The van der Waals surface area contributed by atoms with E-state index in [-0.39, 0.29) is 11.3 Å². The summed E-state index contributed by atoms with van der Waals surface area (Å²) in [5.74, 6) is 0.706. The Bertz CT molecular complexity index is 1160. The van der Waals surface area contributed by atoms with E-state index < -0.39 is 0 Å². The fourth-order valence-electron chi connectivity index (χ4n) is 2.95. The maximum Gasteiger partial charge on any atom is 0.263 e. The summed E-state index contributed by atoms with van der Waals surface area (Å²) in [5.41, 5.74) is 3.06. The molecule has 2 aromatic heterocycles. The average molecular weight is 363 g/mol. The van der Waals surface area contributed by atoms with Gasteiger partial charge in [0.05, 0.1) is 5.52 Å². The molecule has 0 saturated carbocycles. The highest BCUT2D eigenvalue weighted by molar-refractivity contribution is 7.98. The van der Waals surface area contributed by atoms with Crippen molar-refractivity contribution in [2.75, 3.05) is 6.26 Å². The van der Waals surface area contributed by atoms with Crippen LogP contribution in [0, 0.1) is 6.92 Å². The van der Waals surface area contributed by atoms with Gasteiger partial charge < -0.3 is 9.09 Å². The van der Waals surface area contributed by atoms with Crippen LogP contribution in [0.5, 0.6) is 0 Å². The molecule has 0 atom stereocenters. The molecule has 0 aliphatic carbocycles. The number of hydrogen-bond donors (Lipinski definition) is 0. The number of nitrogens with zero attached hydrogens (tertiary/aromatic N) is 3. The molecule has 0 unspecified atom stereocenters. The summed E-state index contributed by atoms with van der Waals surface area (Å²) in [6.07, 6.45) is 3.77. The number of pyridine rings is 1. The van der Waals surface area contributed by atoms with Crippen LogP contribution in [0.3, 0.4) is 0 Å². The average Bonchev–Trinajstić information content (AvgIpc) is 3.14. The molecular formula is C20H17N3O2S. The zero-order valence-corrected chi connectivity index (χ0v) is 15.5. The molecule has 0 saturated heterocycles. The summed E-state index contributed by atoms with van der Waals surface area (Å²) in [5, 5.41) is 4.69. The molecule has 0 fully saturated rings. The molecule has 0 aliphatic rings. The second kappa shape index (κ2) is 6.46. The van der Waals surface area contributed by atoms with Crippen LogP contribution in [0.25, 0.3) is 33.7 Å². The smallest absolute Gasteiger partial charge is 0.263 e. The summed E-state index contributed by atoms with van der Waals surface area (Å²) in [4.78, 5) is 18.5. The number of benzene rings is 2. The minimum atomic E-state index is -0.102. The van der Waals surface area contributed by atoms with E-state index in [2.05, 4.69) is 10.1 Å². The van der Waals surface area contributed by atoms with E-state index in [1.165, 1.54) is 0 Å². The second-order valence-corrected chi connectivity index (χ2v) is 7.03. The molecule has 2 aromatic carbocycles. The van der Waals surface area contributed by atoms with Crippen LogP contribution in [0.15, 0.2) is 62.9 Å². The molecule has 0 aliphatic heterocycles. The quantitative estimate of drug-likeness (QED) is 0.508. The third kappa shape index (κ3) is 2.82. The Morgan fingerprint density at radius 2 is 1.88 bits per heavy atom. The number of rotatable bonds is 3. The van der Waals surface area contributed by atoms with E-state index in [9.17, 15) is 4.79 Å². The standard InChI is InChI=1S/C20H17N3O2S/c1-12-4-9-17-15(10-12)18(24)16(11-23(17)2)20-21-19(22-25-20)13-5-7-14(26-3)8-6-13/h4-11H,1-3H3. The molecule has 0 spiro atoms. The first-order valence-corrected chi connectivity index (χ1v) is 9.38. The van der Waals surface area contributed by atoms with Crippen LogP contribution in [0.2, 0.25) is 0 Å². The van der Waals surface area contributed by atoms with Gasteiger partial charge in [-0.05, 0) is 49.6 Å². The maximum atomic E-state index is 12.9. The van der Waals surface area contributed by atoms with Crippen molar-refractivity contribution in [3.8, 4) is 22.8 Å². The lowest BCUT2D eigenvalue weighted by molar-refractivity contribution is 0.432. The molecule has 4 rings (SSSR count). The summed E-state index contributed by atoms with van der Waals surface area (Å²) in [7, 11) is 1.90. The number of aryl methyl sites for hydroxylation is 2. The van der Waals surface area contributed by atoms with Crippen molar-refractivity contribution < 1.29 is 4.52 Å². The van der Waals surface area contributed by atoms with Gasteiger partial charge in [-0.25, -0.2) is 0 Å². The summed E-state index contributed by atoms with van der Waals surface area (Å²) >= 11 is 1.67. The van der Waals surface area contributed by atoms with Gasteiger partial charge in [-0.2, -0.15) is 4.98 Å². The van der Waals surface area contributed by atoms with Gasteiger partial charge in [0.25, 0.3) is 5.89 Å². The predicted molar refractivity (Wildman–Crippen MR) is 104 cm³/mol. The molecule has 2 heterocycles. The van der Waals surface area contributed by atoms with Crippen LogP contribution in [0.1, 0.15) is 5.56 Å². The van der Waals surface area contributed by atoms with Gasteiger partial charge >= 0.3 is 0 Å². The van der Waals surface area contributed by atoms with E-state index in [1.807, 2.05) is 67.3 Å².